The number of carbonyl (C=O) groups is 3. The van der Waals surface area contributed by atoms with Crippen molar-refractivity contribution < 1.29 is 52.2 Å². The van der Waals surface area contributed by atoms with Gasteiger partial charge in [-0.15, -0.1) is 0 Å². The standard InChI is InChI=1S/C62H109O11P/c1-4-7-10-13-16-19-22-25-27-28-29-30-32-34-36-39-42-45-48-51-60(64)69-55-59(73-62(66)53-50-47-44-41-38-35-31-26-23-20-17-14-11-8-5-2)57-71-74(67,68)70-56-58(54-63)72-61(65)52-49-46-43-40-37-33-24-21-18-15-12-9-6-3/h16-17,19-21,24-27,29-31,58-59,63H,4-15,18,22-23,28,32-57H2,1-3H3,(H,67,68)/b19-16-,20-17-,24-21-,27-25-,30-29-,31-26-. The second kappa shape index (κ2) is 56.1. The zero-order valence-corrected chi connectivity index (χ0v) is 48.2. The smallest absolute Gasteiger partial charge is 0.462 e. The molecule has 12 heteroatoms. The van der Waals surface area contributed by atoms with E-state index in [9.17, 15) is 28.9 Å². The first-order valence-corrected chi connectivity index (χ1v) is 31.3. The number of ether oxygens (including phenoxy) is 3. The van der Waals surface area contributed by atoms with E-state index >= 15 is 0 Å². The molecule has 0 aromatic heterocycles. The van der Waals surface area contributed by atoms with E-state index in [1.165, 1.54) is 70.6 Å². The van der Waals surface area contributed by atoms with Gasteiger partial charge in [-0.2, -0.15) is 0 Å². The molecule has 3 unspecified atom stereocenters. The van der Waals surface area contributed by atoms with Crippen molar-refractivity contribution in [3.63, 3.8) is 0 Å². The van der Waals surface area contributed by atoms with Gasteiger partial charge in [0.2, 0.25) is 0 Å². The first kappa shape index (κ1) is 70.9. The summed E-state index contributed by atoms with van der Waals surface area (Å²) >= 11 is 0. The number of hydrogen-bond acceptors (Lipinski definition) is 10. The van der Waals surface area contributed by atoms with Crippen molar-refractivity contribution in [2.24, 2.45) is 0 Å². The average molecular weight is 1060 g/mol. The summed E-state index contributed by atoms with van der Waals surface area (Å²) in [6.07, 6.45) is 62.8. The number of hydrogen-bond donors (Lipinski definition) is 2. The number of carbonyl (C=O) groups excluding carboxylic acids is 3. The van der Waals surface area contributed by atoms with Gasteiger partial charge in [0.1, 0.15) is 12.7 Å². The molecule has 0 amide bonds. The molecule has 0 saturated carbocycles. The minimum absolute atomic E-state index is 0.147. The third kappa shape index (κ3) is 53.7. The zero-order valence-electron chi connectivity index (χ0n) is 47.3. The van der Waals surface area contributed by atoms with Crippen LogP contribution in [0.3, 0.4) is 0 Å². The second-order valence-corrected chi connectivity index (χ2v) is 21.3. The van der Waals surface area contributed by atoms with Gasteiger partial charge in [-0.05, 0) is 116 Å². The molecule has 0 spiro atoms. The molecule has 0 saturated heterocycles. The van der Waals surface area contributed by atoms with Gasteiger partial charge in [0.15, 0.2) is 6.10 Å². The minimum Gasteiger partial charge on any atom is -0.462 e. The number of rotatable bonds is 55. The average Bonchev–Trinajstić information content (AvgIpc) is 3.39. The number of allylic oxidation sites excluding steroid dienone is 12. The molecule has 0 aromatic rings. The molecule has 2 N–H and O–H groups in total. The summed E-state index contributed by atoms with van der Waals surface area (Å²) in [6, 6.07) is 0. The maximum Gasteiger partial charge on any atom is 0.472 e. The van der Waals surface area contributed by atoms with Crippen molar-refractivity contribution in [1.29, 1.82) is 0 Å². The van der Waals surface area contributed by atoms with E-state index in [4.69, 9.17) is 23.3 Å². The Morgan fingerprint density at radius 2 is 0.662 bits per heavy atom. The number of aliphatic hydroxyl groups excluding tert-OH is 1. The van der Waals surface area contributed by atoms with E-state index in [1.807, 2.05) is 0 Å². The summed E-state index contributed by atoms with van der Waals surface area (Å²) in [5, 5.41) is 9.81. The van der Waals surface area contributed by atoms with Gasteiger partial charge < -0.3 is 24.2 Å². The van der Waals surface area contributed by atoms with E-state index in [2.05, 4.69) is 93.7 Å². The Balaban J connectivity index is 4.76. The normalized spacial score (nSPS) is 13.9. The highest BCUT2D eigenvalue weighted by molar-refractivity contribution is 7.47. The van der Waals surface area contributed by atoms with Gasteiger partial charge in [-0.1, -0.05) is 203 Å². The molecule has 0 fully saturated rings. The first-order valence-electron chi connectivity index (χ1n) is 29.8. The van der Waals surface area contributed by atoms with Crippen LogP contribution in [0.15, 0.2) is 72.9 Å². The van der Waals surface area contributed by atoms with Crippen LogP contribution in [0.5, 0.6) is 0 Å². The molecule has 11 nitrogen and oxygen atoms in total. The van der Waals surface area contributed by atoms with Crippen LogP contribution in [0.1, 0.15) is 265 Å². The summed E-state index contributed by atoms with van der Waals surface area (Å²) in [7, 11) is -4.76. The Hall–Kier alpha value is -3.08. The van der Waals surface area contributed by atoms with Crippen molar-refractivity contribution in [2.45, 2.75) is 277 Å². The lowest BCUT2D eigenvalue weighted by Gasteiger charge is -2.21. The lowest BCUT2D eigenvalue weighted by Crippen LogP contribution is -2.30. The Morgan fingerprint density at radius 1 is 0.378 bits per heavy atom. The van der Waals surface area contributed by atoms with E-state index in [0.717, 1.165) is 135 Å². The van der Waals surface area contributed by atoms with Crippen LogP contribution in [0.4, 0.5) is 0 Å². The molecule has 0 bridgehead atoms. The third-order valence-electron chi connectivity index (χ3n) is 12.6. The molecule has 428 valence electrons. The molecule has 74 heavy (non-hydrogen) atoms. The topological polar surface area (TPSA) is 155 Å². The molecular weight excluding hydrogens is 952 g/mol. The van der Waals surface area contributed by atoms with Gasteiger partial charge >= 0.3 is 25.7 Å². The summed E-state index contributed by atoms with van der Waals surface area (Å²) < 4.78 is 39.5. The molecule has 0 heterocycles. The van der Waals surface area contributed by atoms with Gasteiger partial charge in [0.05, 0.1) is 19.8 Å². The molecule has 0 aliphatic rings. The van der Waals surface area contributed by atoms with Gasteiger partial charge in [-0.3, -0.25) is 23.4 Å². The van der Waals surface area contributed by atoms with Gasteiger partial charge in [0, 0.05) is 19.3 Å². The fraction of sp³-hybridized carbons (Fsp3) is 0.758. The fourth-order valence-electron chi connectivity index (χ4n) is 7.98. The number of aliphatic hydroxyl groups is 1. The van der Waals surface area contributed by atoms with Crippen LogP contribution in [-0.4, -0.2) is 66.5 Å². The van der Waals surface area contributed by atoms with Crippen LogP contribution in [0, 0.1) is 0 Å². The number of unbranched alkanes of at least 4 members (excludes halogenated alkanes) is 26. The lowest BCUT2D eigenvalue weighted by molar-refractivity contribution is -0.161. The molecule has 3 atom stereocenters. The molecule has 0 aliphatic carbocycles. The highest BCUT2D eigenvalue weighted by atomic mass is 31.2. The Bertz CT molecular complexity index is 1520. The SMILES string of the molecule is CCCCC/C=C\C/C=C\C/C=C\CCCCCCCCC(=O)OCC(COP(=O)(O)OCC(CO)OC(=O)CCCCCCC/C=C\CCCCCC)OC(=O)CCCCCCC/C=C\C/C=C\CCCCC. The predicted octanol–water partition coefficient (Wildman–Crippen LogP) is 17.7. The zero-order chi connectivity index (χ0) is 54.1. The van der Waals surface area contributed by atoms with E-state index in [0.29, 0.717) is 19.3 Å². The van der Waals surface area contributed by atoms with Gasteiger partial charge in [0.25, 0.3) is 0 Å². The summed E-state index contributed by atoms with van der Waals surface area (Å²) in [5.41, 5.74) is 0. The molecule has 0 rings (SSSR count). The Morgan fingerprint density at radius 3 is 1.05 bits per heavy atom. The van der Waals surface area contributed by atoms with E-state index in [1.54, 1.807) is 0 Å². The summed E-state index contributed by atoms with van der Waals surface area (Å²) in [4.78, 5) is 48.6. The van der Waals surface area contributed by atoms with E-state index < -0.39 is 57.8 Å². The van der Waals surface area contributed by atoms with Crippen molar-refractivity contribution in [1.82, 2.24) is 0 Å². The highest BCUT2D eigenvalue weighted by Gasteiger charge is 2.28. The largest absolute Gasteiger partial charge is 0.472 e. The first-order chi connectivity index (χ1) is 36.2. The van der Waals surface area contributed by atoms with Crippen molar-refractivity contribution in [3.05, 3.63) is 72.9 Å². The highest BCUT2D eigenvalue weighted by Crippen LogP contribution is 2.43. The van der Waals surface area contributed by atoms with Crippen LogP contribution in [0.2, 0.25) is 0 Å². The van der Waals surface area contributed by atoms with Crippen LogP contribution < -0.4 is 0 Å². The van der Waals surface area contributed by atoms with E-state index in [-0.39, 0.29) is 25.9 Å². The van der Waals surface area contributed by atoms with Crippen molar-refractivity contribution in [3.8, 4) is 0 Å². The number of esters is 3. The van der Waals surface area contributed by atoms with Crippen LogP contribution in [-0.2, 0) is 42.2 Å². The monoisotopic (exact) mass is 1060 g/mol. The maximum atomic E-state index is 12.9. The van der Waals surface area contributed by atoms with Crippen molar-refractivity contribution in [2.75, 3.05) is 26.4 Å². The molecule has 0 aliphatic heterocycles. The third-order valence-corrected chi connectivity index (χ3v) is 13.5. The van der Waals surface area contributed by atoms with Crippen molar-refractivity contribution >= 4 is 25.7 Å². The number of phosphoric acid groups is 1. The van der Waals surface area contributed by atoms with Gasteiger partial charge in [-0.25, -0.2) is 4.57 Å². The quantitative estimate of drug-likeness (QED) is 0.0197. The maximum absolute atomic E-state index is 12.9. The van der Waals surface area contributed by atoms with Crippen LogP contribution >= 0.6 is 7.82 Å². The Labute approximate surface area is 452 Å². The van der Waals surface area contributed by atoms with Crippen LogP contribution in [0.25, 0.3) is 0 Å². The molecular formula is C62H109O11P. The fourth-order valence-corrected chi connectivity index (χ4v) is 8.76. The second-order valence-electron chi connectivity index (χ2n) is 19.8. The minimum atomic E-state index is -4.76. The summed E-state index contributed by atoms with van der Waals surface area (Å²) in [5.74, 6) is -1.50. The number of phosphoric ester groups is 1. The predicted molar refractivity (Wildman–Crippen MR) is 307 cm³/mol. The lowest BCUT2D eigenvalue weighted by atomic mass is 10.1. The molecule has 0 aromatic carbocycles. The Kier molecular flexibility index (Phi) is 53.8. The summed E-state index contributed by atoms with van der Waals surface area (Å²) in [6.45, 7) is 4.55. The molecule has 0 radical (unpaired) electrons.